The third-order valence-corrected chi connectivity index (χ3v) is 6.53. The lowest BCUT2D eigenvalue weighted by molar-refractivity contribution is 0.0639. The molecule has 0 N–H and O–H groups in total. The molecular formula is C20H23FN2O4S. The van der Waals surface area contributed by atoms with Gasteiger partial charge in [-0.3, -0.25) is 9.69 Å². The number of ether oxygens (including phenoxy) is 1. The minimum Gasteiger partial charge on any atom is -0.497 e. The summed E-state index contributed by atoms with van der Waals surface area (Å²) in [4.78, 5) is 16.3. The summed E-state index contributed by atoms with van der Waals surface area (Å²) in [6, 6.07) is 12.4. The number of nitrogens with zero attached hydrogens (tertiary/aromatic N) is 2. The Morgan fingerprint density at radius 1 is 1.07 bits per heavy atom. The zero-order valence-electron chi connectivity index (χ0n) is 15.7. The molecule has 0 aliphatic carbocycles. The zero-order chi connectivity index (χ0) is 20.1. The average Bonchev–Trinajstić information content (AvgIpc) is 2.72. The molecule has 0 atom stereocenters. The van der Waals surface area contributed by atoms with Gasteiger partial charge in [-0.2, -0.15) is 0 Å². The fourth-order valence-corrected chi connectivity index (χ4v) is 4.46. The molecule has 1 fully saturated rings. The standard InChI is InChI=1S/C20H23FN2O4S/c1-27-16-5-4-6-17(15-16)28(25,26)14-13-22-9-11-23(12-10-22)20(24)18-7-2-3-8-19(18)21/h2-8,15H,9-14H2,1H3. The van der Waals surface area contributed by atoms with E-state index in [4.69, 9.17) is 4.74 Å². The normalized spacial score (nSPS) is 15.4. The van der Waals surface area contributed by atoms with Crippen LogP contribution in [0, 0.1) is 5.82 Å². The van der Waals surface area contributed by atoms with E-state index in [2.05, 4.69) is 0 Å². The molecule has 6 nitrogen and oxygen atoms in total. The van der Waals surface area contributed by atoms with Gasteiger partial charge in [-0.1, -0.05) is 18.2 Å². The smallest absolute Gasteiger partial charge is 0.256 e. The molecule has 0 bridgehead atoms. The van der Waals surface area contributed by atoms with E-state index in [0.717, 1.165) is 0 Å². The first-order valence-electron chi connectivity index (χ1n) is 9.04. The van der Waals surface area contributed by atoms with Gasteiger partial charge in [0.25, 0.3) is 5.91 Å². The van der Waals surface area contributed by atoms with Crippen molar-refractivity contribution < 1.29 is 22.3 Å². The van der Waals surface area contributed by atoms with Crippen LogP contribution in [0.15, 0.2) is 53.4 Å². The summed E-state index contributed by atoms with van der Waals surface area (Å²) in [6.45, 7) is 2.35. The van der Waals surface area contributed by atoms with E-state index in [0.29, 0.717) is 38.5 Å². The minimum absolute atomic E-state index is 0.0125. The maximum Gasteiger partial charge on any atom is 0.256 e. The molecule has 28 heavy (non-hydrogen) atoms. The Hall–Kier alpha value is -2.45. The molecule has 1 aliphatic rings. The number of hydrogen-bond donors (Lipinski definition) is 0. The molecule has 0 unspecified atom stereocenters. The van der Waals surface area contributed by atoms with E-state index < -0.39 is 15.7 Å². The Morgan fingerprint density at radius 3 is 2.46 bits per heavy atom. The van der Waals surface area contributed by atoms with Crippen molar-refractivity contribution in [1.82, 2.24) is 9.80 Å². The molecule has 0 saturated carbocycles. The summed E-state index contributed by atoms with van der Waals surface area (Å²) in [6.07, 6.45) is 0. The van der Waals surface area contributed by atoms with E-state index >= 15 is 0 Å². The molecule has 1 amide bonds. The summed E-state index contributed by atoms with van der Waals surface area (Å²) in [5.74, 6) is -0.371. The number of amides is 1. The molecule has 150 valence electrons. The summed E-state index contributed by atoms with van der Waals surface area (Å²) in [5, 5.41) is 0. The molecule has 3 rings (SSSR count). The molecule has 0 radical (unpaired) electrons. The number of benzene rings is 2. The van der Waals surface area contributed by atoms with Crippen LogP contribution in [0.25, 0.3) is 0 Å². The van der Waals surface area contributed by atoms with E-state index in [9.17, 15) is 17.6 Å². The van der Waals surface area contributed by atoms with Gasteiger partial charge in [0.2, 0.25) is 0 Å². The van der Waals surface area contributed by atoms with Crippen LogP contribution in [0.4, 0.5) is 4.39 Å². The third kappa shape index (κ3) is 4.69. The molecule has 1 heterocycles. The van der Waals surface area contributed by atoms with Gasteiger partial charge in [0.05, 0.1) is 23.3 Å². The summed E-state index contributed by atoms with van der Waals surface area (Å²) in [7, 11) is -1.93. The first-order chi connectivity index (χ1) is 13.4. The highest BCUT2D eigenvalue weighted by Crippen LogP contribution is 2.19. The fraction of sp³-hybridized carbons (Fsp3) is 0.350. The van der Waals surface area contributed by atoms with Crippen molar-refractivity contribution in [2.45, 2.75) is 4.90 Å². The maximum absolute atomic E-state index is 13.8. The van der Waals surface area contributed by atoms with Crippen LogP contribution in [-0.2, 0) is 9.84 Å². The van der Waals surface area contributed by atoms with Gasteiger partial charge in [-0.25, -0.2) is 12.8 Å². The summed E-state index contributed by atoms with van der Waals surface area (Å²) < 4.78 is 44.0. The van der Waals surface area contributed by atoms with E-state index in [-0.39, 0.29) is 22.1 Å². The second-order valence-corrected chi connectivity index (χ2v) is 8.72. The molecule has 1 saturated heterocycles. The minimum atomic E-state index is -3.42. The van der Waals surface area contributed by atoms with Gasteiger partial charge in [0.1, 0.15) is 11.6 Å². The summed E-state index contributed by atoms with van der Waals surface area (Å²) in [5.41, 5.74) is 0.0663. The van der Waals surface area contributed by atoms with Crippen LogP contribution < -0.4 is 4.74 Å². The molecule has 8 heteroatoms. The van der Waals surface area contributed by atoms with Crippen molar-refractivity contribution in [1.29, 1.82) is 0 Å². The molecule has 2 aromatic rings. The zero-order valence-corrected chi connectivity index (χ0v) is 16.5. The number of hydrogen-bond acceptors (Lipinski definition) is 5. The molecule has 0 spiro atoms. The topological polar surface area (TPSA) is 66.9 Å². The van der Waals surface area contributed by atoms with E-state index in [1.165, 1.54) is 25.3 Å². The first-order valence-corrected chi connectivity index (χ1v) is 10.7. The van der Waals surface area contributed by atoms with E-state index in [1.54, 1.807) is 35.2 Å². The second-order valence-electron chi connectivity index (χ2n) is 6.61. The van der Waals surface area contributed by atoms with Gasteiger partial charge in [0.15, 0.2) is 9.84 Å². The lowest BCUT2D eigenvalue weighted by Gasteiger charge is -2.34. The Balaban J connectivity index is 1.54. The number of piperazine rings is 1. The van der Waals surface area contributed by atoms with Crippen LogP contribution in [-0.4, -0.2) is 69.7 Å². The number of halogens is 1. The lowest BCUT2D eigenvalue weighted by Crippen LogP contribution is -2.49. The summed E-state index contributed by atoms with van der Waals surface area (Å²) >= 11 is 0. The number of methoxy groups -OCH3 is 1. The van der Waals surface area contributed by atoms with Crippen molar-refractivity contribution in [3.05, 3.63) is 59.9 Å². The van der Waals surface area contributed by atoms with Crippen LogP contribution in [0.2, 0.25) is 0 Å². The number of rotatable bonds is 6. The van der Waals surface area contributed by atoms with Crippen LogP contribution in [0.3, 0.4) is 0 Å². The highest BCUT2D eigenvalue weighted by molar-refractivity contribution is 7.91. The monoisotopic (exact) mass is 406 g/mol. The Morgan fingerprint density at radius 2 is 1.79 bits per heavy atom. The SMILES string of the molecule is COc1cccc(S(=O)(=O)CCN2CCN(C(=O)c3ccccc3F)CC2)c1. The predicted octanol–water partition coefficient (Wildman–Crippen LogP) is 2.07. The van der Waals surface area contributed by atoms with Crippen molar-refractivity contribution in [2.75, 3.05) is 45.6 Å². The largest absolute Gasteiger partial charge is 0.497 e. The maximum atomic E-state index is 13.8. The van der Waals surface area contributed by atoms with Gasteiger partial charge in [0, 0.05) is 32.7 Å². The third-order valence-electron chi connectivity index (χ3n) is 4.84. The van der Waals surface area contributed by atoms with Crippen LogP contribution in [0.5, 0.6) is 5.75 Å². The van der Waals surface area contributed by atoms with Crippen molar-refractivity contribution >= 4 is 15.7 Å². The lowest BCUT2D eigenvalue weighted by atomic mass is 10.1. The average molecular weight is 406 g/mol. The molecule has 2 aromatic carbocycles. The van der Waals surface area contributed by atoms with Gasteiger partial charge < -0.3 is 9.64 Å². The van der Waals surface area contributed by atoms with Gasteiger partial charge >= 0.3 is 0 Å². The Kier molecular flexibility index (Phi) is 6.31. The Labute approximate surface area is 164 Å². The van der Waals surface area contributed by atoms with Crippen molar-refractivity contribution in [3.63, 3.8) is 0 Å². The van der Waals surface area contributed by atoms with Crippen molar-refractivity contribution in [3.8, 4) is 5.75 Å². The Bertz CT molecular complexity index is 941. The van der Waals surface area contributed by atoms with Gasteiger partial charge in [-0.15, -0.1) is 0 Å². The fourth-order valence-electron chi connectivity index (χ4n) is 3.14. The first kappa shape index (κ1) is 20.3. The van der Waals surface area contributed by atoms with E-state index in [1.807, 2.05) is 4.90 Å². The quantitative estimate of drug-likeness (QED) is 0.735. The van der Waals surface area contributed by atoms with Crippen LogP contribution >= 0.6 is 0 Å². The van der Waals surface area contributed by atoms with Crippen LogP contribution in [0.1, 0.15) is 10.4 Å². The highest BCUT2D eigenvalue weighted by Gasteiger charge is 2.25. The second kappa shape index (κ2) is 8.70. The predicted molar refractivity (Wildman–Crippen MR) is 104 cm³/mol. The molecular weight excluding hydrogens is 383 g/mol. The molecule has 0 aromatic heterocycles. The number of carbonyl (C=O) groups is 1. The number of sulfone groups is 1. The number of carbonyl (C=O) groups excluding carboxylic acids is 1. The van der Waals surface area contributed by atoms with Gasteiger partial charge in [-0.05, 0) is 30.3 Å². The molecule has 1 aliphatic heterocycles. The highest BCUT2D eigenvalue weighted by atomic mass is 32.2. The van der Waals surface area contributed by atoms with Crippen molar-refractivity contribution in [2.24, 2.45) is 0 Å².